The number of nitrogens with one attached hydrogen (secondary N) is 1. The number of aromatic hydroxyl groups is 1. The summed E-state index contributed by atoms with van der Waals surface area (Å²) in [5.74, 6) is 0.228. The lowest BCUT2D eigenvalue weighted by Crippen LogP contribution is -2.38. The number of hydrogen-bond donors (Lipinski definition) is 2. The van der Waals surface area contributed by atoms with Gasteiger partial charge < -0.3 is 20.2 Å². The molecule has 1 fully saturated rings. The third-order valence-electron chi connectivity index (χ3n) is 4.59. The minimum absolute atomic E-state index is 0.0723. The van der Waals surface area contributed by atoms with Gasteiger partial charge in [0.2, 0.25) is 0 Å². The molecule has 1 aromatic carbocycles. The van der Waals surface area contributed by atoms with Gasteiger partial charge in [0, 0.05) is 26.2 Å². The lowest BCUT2D eigenvalue weighted by molar-refractivity contribution is 0.204. The van der Waals surface area contributed by atoms with Crippen LogP contribution in [0.2, 0.25) is 0 Å². The number of nitrogens with zero attached hydrogens (tertiary/aromatic N) is 2. The van der Waals surface area contributed by atoms with Crippen LogP contribution in [0.5, 0.6) is 5.75 Å². The van der Waals surface area contributed by atoms with E-state index in [1.165, 1.54) is 25.7 Å². The topological polar surface area (TPSA) is 55.8 Å². The highest BCUT2D eigenvalue weighted by Crippen LogP contribution is 2.22. The number of carbonyl (C=O) groups is 1. The summed E-state index contributed by atoms with van der Waals surface area (Å²) in [6, 6.07) is 7.66. The SMILES string of the molecule is CN(Cc1cccc(O)c1)C(=O)NCCCN(C)C1CCCC1. The second kappa shape index (κ2) is 8.77. The molecule has 2 rings (SSSR count). The van der Waals surface area contributed by atoms with E-state index in [1.54, 1.807) is 30.1 Å². The highest BCUT2D eigenvalue weighted by Gasteiger charge is 2.18. The molecular weight excluding hydrogens is 290 g/mol. The largest absolute Gasteiger partial charge is 0.508 e. The third kappa shape index (κ3) is 5.75. The van der Waals surface area contributed by atoms with Crippen LogP contribution in [0, 0.1) is 0 Å². The van der Waals surface area contributed by atoms with Gasteiger partial charge in [-0.3, -0.25) is 0 Å². The molecule has 2 amide bonds. The Hall–Kier alpha value is -1.75. The van der Waals surface area contributed by atoms with Crippen molar-refractivity contribution in [3.63, 3.8) is 0 Å². The maximum absolute atomic E-state index is 12.1. The van der Waals surface area contributed by atoms with Gasteiger partial charge in [0.05, 0.1) is 0 Å². The average molecular weight is 319 g/mol. The maximum atomic E-state index is 12.1. The predicted octanol–water partition coefficient (Wildman–Crippen LogP) is 2.80. The zero-order chi connectivity index (χ0) is 16.7. The van der Waals surface area contributed by atoms with Crippen molar-refractivity contribution >= 4 is 6.03 Å². The monoisotopic (exact) mass is 319 g/mol. The van der Waals surface area contributed by atoms with E-state index in [4.69, 9.17) is 0 Å². The normalized spacial score (nSPS) is 15.1. The minimum Gasteiger partial charge on any atom is -0.508 e. The number of urea groups is 1. The van der Waals surface area contributed by atoms with Gasteiger partial charge in [-0.25, -0.2) is 4.79 Å². The maximum Gasteiger partial charge on any atom is 0.317 e. The Kier molecular flexibility index (Phi) is 6.71. The summed E-state index contributed by atoms with van der Waals surface area (Å²) in [5.41, 5.74) is 0.920. The van der Waals surface area contributed by atoms with Crippen LogP contribution in [0.15, 0.2) is 24.3 Å². The second-order valence-electron chi connectivity index (χ2n) is 6.53. The molecule has 0 heterocycles. The molecule has 5 heteroatoms. The van der Waals surface area contributed by atoms with Crippen molar-refractivity contribution in [3.05, 3.63) is 29.8 Å². The molecule has 0 unspecified atom stereocenters. The molecule has 0 saturated heterocycles. The van der Waals surface area contributed by atoms with E-state index < -0.39 is 0 Å². The molecule has 1 aliphatic carbocycles. The van der Waals surface area contributed by atoms with Crippen LogP contribution in [0.25, 0.3) is 0 Å². The molecule has 5 nitrogen and oxygen atoms in total. The Labute approximate surface area is 139 Å². The fourth-order valence-electron chi connectivity index (χ4n) is 3.19. The van der Waals surface area contributed by atoms with Crippen molar-refractivity contribution in [3.8, 4) is 5.75 Å². The molecule has 1 saturated carbocycles. The van der Waals surface area contributed by atoms with E-state index in [-0.39, 0.29) is 11.8 Å². The molecule has 0 radical (unpaired) electrons. The van der Waals surface area contributed by atoms with E-state index in [0.29, 0.717) is 13.1 Å². The van der Waals surface area contributed by atoms with Crippen LogP contribution < -0.4 is 5.32 Å². The van der Waals surface area contributed by atoms with E-state index in [1.807, 2.05) is 6.07 Å². The second-order valence-corrected chi connectivity index (χ2v) is 6.53. The van der Waals surface area contributed by atoms with Gasteiger partial charge in [-0.1, -0.05) is 25.0 Å². The molecule has 0 aromatic heterocycles. The van der Waals surface area contributed by atoms with Gasteiger partial charge >= 0.3 is 6.03 Å². The lowest BCUT2D eigenvalue weighted by Gasteiger charge is -2.24. The molecule has 0 spiro atoms. The summed E-state index contributed by atoms with van der Waals surface area (Å²) in [6.45, 7) is 2.21. The molecule has 2 N–H and O–H groups in total. The highest BCUT2D eigenvalue weighted by molar-refractivity contribution is 5.73. The van der Waals surface area contributed by atoms with Crippen LogP contribution in [-0.4, -0.2) is 54.2 Å². The van der Waals surface area contributed by atoms with Gasteiger partial charge in [-0.15, -0.1) is 0 Å². The first-order chi connectivity index (χ1) is 11.1. The van der Waals surface area contributed by atoms with Gasteiger partial charge in [0.15, 0.2) is 0 Å². The number of carbonyl (C=O) groups excluding carboxylic acids is 1. The summed E-state index contributed by atoms with van der Waals surface area (Å²) in [5, 5.41) is 12.4. The van der Waals surface area contributed by atoms with Crippen LogP contribution in [0.3, 0.4) is 0 Å². The molecule has 0 bridgehead atoms. The standard InChI is InChI=1S/C18H29N3O2/c1-20(16-8-3-4-9-16)12-6-11-19-18(23)21(2)14-15-7-5-10-17(22)13-15/h5,7,10,13,16,22H,3-4,6,8-9,11-12,14H2,1-2H3,(H,19,23). The molecule has 23 heavy (non-hydrogen) atoms. The predicted molar refractivity (Wildman–Crippen MR) is 92.5 cm³/mol. The van der Waals surface area contributed by atoms with Crippen LogP contribution >= 0.6 is 0 Å². The van der Waals surface area contributed by atoms with E-state index in [2.05, 4.69) is 17.3 Å². The fourth-order valence-corrected chi connectivity index (χ4v) is 3.19. The Morgan fingerprint density at radius 2 is 2.04 bits per heavy atom. The van der Waals surface area contributed by atoms with Crippen molar-refractivity contribution in [2.45, 2.75) is 44.7 Å². The quantitative estimate of drug-likeness (QED) is 0.760. The Morgan fingerprint density at radius 3 is 2.74 bits per heavy atom. The Morgan fingerprint density at radius 1 is 1.30 bits per heavy atom. The van der Waals surface area contributed by atoms with Crippen LogP contribution in [-0.2, 0) is 6.54 Å². The van der Waals surface area contributed by atoms with E-state index in [9.17, 15) is 9.90 Å². The first kappa shape index (κ1) is 17.6. The summed E-state index contributed by atoms with van der Waals surface area (Å²) >= 11 is 0. The number of phenols is 1. The van der Waals surface area contributed by atoms with Gasteiger partial charge in [0.25, 0.3) is 0 Å². The lowest BCUT2D eigenvalue weighted by atomic mass is 10.2. The third-order valence-corrected chi connectivity index (χ3v) is 4.59. The zero-order valence-electron chi connectivity index (χ0n) is 14.3. The van der Waals surface area contributed by atoms with Gasteiger partial charge in [-0.05, 0) is 50.6 Å². The molecule has 0 atom stereocenters. The first-order valence-corrected chi connectivity index (χ1v) is 8.53. The van der Waals surface area contributed by atoms with Crippen molar-refractivity contribution in [2.24, 2.45) is 0 Å². The molecule has 0 aliphatic heterocycles. The molecule has 1 aromatic rings. The number of hydrogen-bond acceptors (Lipinski definition) is 3. The Bertz CT molecular complexity index is 501. The smallest absolute Gasteiger partial charge is 0.317 e. The number of benzene rings is 1. The van der Waals surface area contributed by atoms with Crippen molar-refractivity contribution in [1.29, 1.82) is 0 Å². The summed E-state index contributed by atoms with van der Waals surface area (Å²) < 4.78 is 0. The fraction of sp³-hybridized carbons (Fsp3) is 0.611. The van der Waals surface area contributed by atoms with Gasteiger partial charge in [-0.2, -0.15) is 0 Å². The van der Waals surface area contributed by atoms with E-state index in [0.717, 1.165) is 24.6 Å². The average Bonchev–Trinajstić information content (AvgIpc) is 3.05. The van der Waals surface area contributed by atoms with Gasteiger partial charge in [0.1, 0.15) is 5.75 Å². The van der Waals surface area contributed by atoms with Crippen molar-refractivity contribution in [2.75, 3.05) is 27.2 Å². The highest BCUT2D eigenvalue weighted by atomic mass is 16.3. The zero-order valence-corrected chi connectivity index (χ0v) is 14.3. The van der Waals surface area contributed by atoms with Crippen LogP contribution in [0.1, 0.15) is 37.7 Å². The number of amides is 2. The summed E-state index contributed by atoms with van der Waals surface area (Å²) in [4.78, 5) is 16.1. The minimum atomic E-state index is -0.0723. The first-order valence-electron chi connectivity index (χ1n) is 8.53. The van der Waals surface area contributed by atoms with Crippen molar-refractivity contribution in [1.82, 2.24) is 15.1 Å². The number of rotatable bonds is 7. The number of phenolic OH excluding ortho intramolecular Hbond substituents is 1. The van der Waals surface area contributed by atoms with Crippen LogP contribution in [0.4, 0.5) is 4.79 Å². The summed E-state index contributed by atoms with van der Waals surface area (Å²) in [6.07, 6.45) is 6.31. The van der Waals surface area contributed by atoms with E-state index >= 15 is 0 Å². The van der Waals surface area contributed by atoms with Crippen molar-refractivity contribution < 1.29 is 9.90 Å². The summed E-state index contributed by atoms with van der Waals surface area (Å²) in [7, 11) is 3.95. The molecule has 1 aliphatic rings. The molecule has 128 valence electrons. The Balaban J connectivity index is 1.63. The molecular formula is C18H29N3O2.